The number of nitrogens with one attached hydrogen (secondary N) is 1. The summed E-state index contributed by atoms with van der Waals surface area (Å²) in [5, 5.41) is 3.16. The second kappa shape index (κ2) is 6.93. The fourth-order valence-corrected chi connectivity index (χ4v) is 2.79. The molecule has 8 heteroatoms. The lowest BCUT2D eigenvalue weighted by molar-refractivity contribution is -0.148. The van der Waals surface area contributed by atoms with Gasteiger partial charge in [-0.25, -0.2) is 0 Å². The molecule has 2 aliphatic rings. The molecule has 0 amide bonds. The molecular weight excluding hydrogens is 321 g/mol. The van der Waals surface area contributed by atoms with Crippen LogP contribution in [-0.4, -0.2) is 44.0 Å². The van der Waals surface area contributed by atoms with Crippen LogP contribution >= 0.6 is 12.4 Å². The molecule has 1 aromatic rings. The highest BCUT2D eigenvalue weighted by Crippen LogP contribution is 2.39. The number of alkyl halides is 3. The lowest BCUT2D eigenvalue weighted by Gasteiger charge is -2.35. The van der Waals surface area contributed by atoms with Gasteiger partial charge in [0.15, 0.2) is 11.5 Å². The molecule has 1 saturated heterocycles. The molecular formula is C14H18ClF3N2O2. The normalized spacial score (nSPS) is 19.6. The Morgan fingerprint density at radius 3 is 2.50 bits per heavy atom. The average molecular weight is 339 g/mol. The lowest BCUT2D eigenvalue weighted by Crippen LogP contribution is -2.46. The van der Waals surface area contributed by atoms with Crippen molar-refractivity contribution in [3.8, 4) is 11.5 Å². The van der Waals surface area contributed by atoms with Crippen LogP contribution in [0.4, 0.5) is 13.2 Å². The Morgan fingerprint density at radius 2 is 1.82 bits per heavy atom. The molecule has 1 fully saturated rings. The van der Waals surface area contributed by atoms with Crippen molar-refractivity contribution < 1.29 is 22.6 Å². The number of nitrogens with zero attached hydrogens (tertiary/aromatic N) is 1. The van der Waals surface area contributed by atoms with Crippen molar-refractivity contribution in [2.45, 2.75) is 18.6 Å². The largest absolute Gasteiger partial charge is 0.454 e. The lowest BCUT2D eigenvalue weighted by atomic mass is 10.00. The highest BCUT2D eigenvalue weighted by molar-refractivity contribution is 5.85. The molecule has 0 saturated carbocycles. The summed E-state index contributed by atoms with van der Waals surface area (Å²) in [7, 11) is 0. The van der Waals surface area contributed by atoms with Gasteiger partial charge >= 0.3 is 6.18 Å². The zero-order valence-electron chi connectivity index (χ0n) is 11.9. The van der Waals surface area contributed by atoms with Crippen LogP contribution in [0.5, 0.6) is 11.5 Å². The van der Waals surface area contributed by atoms with Crippen LogP contribution in [0.2, 0.25) is 0 Å². The molecule has 0 aliphatic carbocycles. The van der Waals surface area contributed by atoms with Gasteiger partial charge in [0.25, 0.3) is 0 Å². The van der Waals surface area contributed by atoms with E-state index in [2.05, 4.69) is 5.32 Å². The maximum absolute atomic E-state index is 12.9. The monoisotopic (exact) mass is 338 g/mol. The number of rotatable bonds is 3. The van der Waals surface area contributed by atoms with Gasteiger partial charge in [0.05, 0.1) is 6.42 Å². The molecule has 1 aromatic carbocycles. The fourth-order valence-electron chi connectivity index (χ4n) is 2.79. The number of hydrogen-bond donors (Lipinski definition) is 1. The molecule has 22 heavy (non-hydrogen) atoms. The Labute approximate surface area is 133 Å². The average Bonchev–Trinajstić information content (AvgIpc) is 2.92. The summed E-state index contributed by atoms with van der Waals surface area (Å²) >= 11 is 0. The van der Waals surface area contributed by atoms with E-state index in [4.69, 9.17) is 9.47 Å². The van der Waals surface area contributed by atoms with E-state index in [1.165, 1.54) is 0 Å². The van der Waals surface area contributed by atoms with Gasteiger partial charge in [0.1, 0.15) is 0 Å². The third kappa shape index (κ3) is 3.97. The fraction of sp³-hybridized carbons (Fsp3) is 0.571. The van der Waals surface area contributed by atoms with Gasteiger partial charge in [-0.3, -0.25) is 4.90 Å². The van der Waals surface area contributed by atoms with E-state index >= 15 is 0 Å². The Balaban J connectivity index is 0.00000176. The van der Waals surface area contributed by atoms with Crippen molar-refractivity contribution in [3.05, 3.63) is 23.8 Å². The highest BCUT2D eigenvalue weighted by Gasteiger charge is 2.36. The number of benzene rings is 1. The molecule has 1 N–H and O–H groups in total. The molecule has 0 radical (unpaired) electrons. The maximum Gasteiger partial charge on any atom is 0.390 e. The van der Waals surface area contributed by atoms with Gasteiger partial charge in [-0.05, 0) is 17.7 Å². The van der Waals surface area contributed by atoms with Gasteiger partial charge in [-0.1, -0.05) is 6.07 Å². The minimum Gasteiger partial charge on any atom is -0.454 e. The van der Waals surface area contributed by atoms with Crippen LogP contribution in [-0.2, 0) is 0 Å². The summed E-state index contributed by atoms with van der Waals surface area (Å²) in [5.74, 6) is 1.11. The summed E-state index contributed by atoms with van der Waals surface area (Å²) < 4.78 is 49.3. The Morgan fingerprint density at radius 1 is 1.14 bits per heavy atom. The first-order valence-corrected chi connectivity index (χ1v) is 6.94. The number of halogens is 4. The maximum atomic E-state index is 12.9. The van der Waals surface area contributed by atoms with Gasteiger partial charge < -0.3 is 14.8 Å². The molecule has 2 heterocycles. The summed E-state index contributed by atoms with van der Waals surface area (Å²) in [6.07, 6.45) is -5.06. The van der Waals surface area contributed by atoms with E-state index in [9.17, 15) is 13.2 Å². The number of ether oxygens (including phenoxy) is 2. The van der Waals surface area contributed by atoms with Crippen LogP contribution in [0.3, 0.4) is 0 Å². The van der Waals surface area contributed by atoms with E-state index in [1.807, 2.05) is 4.90 Å². The minimum absolute atomic E-state index is 0. The predicted octanol–water partition coefficient (Wildman–Crippen LogP) is 2.74. The topological polar surface area (TPSA) is 33.7 Å². The zero-order chi connectivity index (χ0) is 14.9. The molecule has 2 aliphatic heterocycles. The summed E-state index contributed by atoms with van der Waals surface area (Å²) in [6, 6.07) is 4.37. The third-order valence-corrected chi connectivity index (χ3v) is 3.80. The number of fused-ring (bicyclic) bond motifs is 1. The van der Waals surface area contributed by atoms with Gasteiger partial charge in [-0.2, -0.15) is 13.2 Å². The molecule has 1 atom stereocenters. The Bertz CT molecular complexity index is 507. The van der Waals surface area contributed by atoms with E-state index in [0.717, 1.165) is 0 Å². The van der Waals surface area contributed by atoms with E-state index < -0.39 is 18.6 Å². The van der Waals surface area contributed by atoms with Gasteiger partial charge in [0.2, 0.25) is 6.79 Å². The second-order valence-electron chi connectivity index (χ2n) is 5.23. The standard InChI is InChI=1S/C14H17F3N2O2.ClH/c15-14(16,17)8-11(19-5-3-18-4-6-19)10-1-2-12-13(7-10)21-9-20-12;/h1-2,7,11,18H,3-6,8-9H2;1H/t11-;/m1./s1. The summed E-state index contributed by atoms with van der Waals surface area (Å²) in [4.78, 5) is 1.88. The Hall–Kier alpha value is -1.18. The molecule has 0 spiro atoms. The van der Waals surface area contributed by atoms with Crippen LogP contribution < -0.4 is 14.8 Å². The van der Waals surface area contributed by atoms with Crippen LogP contribution in [0.1, 0.15) is 18.0 Å². The smallest absolute Gasteiger partial charge is 0.390 e. The van der Waals surface area contributed by atoms with Crippen molar-refractivity contribution in [2.75, 3.05) is 33.0 Å². The highest BCUT2D eigenvalue weighted by atomic mass is 35.5. The van der Waals surface area contributed by atoms with Crippen molar-refractivity contribution in [3.63, 3.8) is 0 Å². The van der Waals surface area contributed by atoms with Crippen molar-refractivity contribution >= 4 is 12.4 Å². The summed E-state index contributed by atoms with van der Waals surface area (Å²) in [5.41, 5.74) is 0.624. The quantitative estimate of drug-likeness (QED) is 0.919. The molecule has 4 nitrogen and oxygen atoms in total. The van der Waals surface area contributed by atoms with E-state index in [0.29, 0.717) is 43.2 Å². The van der Waals surface area contributed by atoms with Crippen molar-refractivity contribution in [1.82, 2.24) is 10.2 Å². The molecule has 3 rings (SSSR count). The summed E-state index contributed by atoms with van der Waals surface area (Å²) in [6.45, 7) is 2.75. The van der Waals surface area contributed by atoms with Crippen LogP contribution in [0.25, 0.3) is 0 Å². The Kier molecular flexibility index (Phi) is 5.41. The molecule has 124 valence electrons. The molecule has 0 aromatic heterocycles. The first-order valence-electron chi connectivity index (χ1n) is 6.94. The van der Waals surface area contributed by atoms with Crippen LogP contribution in [0, 0.1) is 0 Å². The number of hydrogen-bond acceptors (Lipinski definition) is 4. The van der Waals surface area contributed by atoms with Gasteiger partial charge in [-0.15, -0.1) is 12.4 Å². The number of piperazine rings is 1. The minimum atomic E-state index is -4.20. The first-order chi connectivity index (χ1) is 10.0. The molecule has 0 unspecified atom stereocenters. The SMILES string of the molecule is Cl.FC(F)(F)C[C@H](c1ccc2c(c1)OCO2)N1CCNCC1. The molecule has 0 bridgehead atoms. The zero-order valence-corrected chi connectivity index (χ0v) is 12.7. The van der Waals surface area contributed by atoms with E-state index in [1.54, 1.807) is 18.2 Å². The van der Waals surface area contributed by atoms with Crippen molar-refractivity contribution in [2.24, 2.45) is 0 Å². The van der Waals surface area contributed by atoms with E-state index in [-0.39, 0.29) is 19.2 Å². The third-order valence-electron chi connectivity index (χ3n) is 3.80. The first kappa shape index (κ1) is 17.2. The van der Waals surface area contributed by atoms with Gasteiger partial charge in [0, 0.05) is 32.2 Å². The van der Waals surface area contributed by atoms with Crippen LogP contribution in [0.15, 0.2) is 18.2 Å². The predicted molar refractivity (Wildman–Crippen MR) is 77.7 cm³/mol. The second-order valence-corrected chi connectivity index (χ2v) is 5.23. The van der Waals surface area contributed by atoms with Crippen molar-refractivity contribution in [1.29, 1.82) is 0 Å².